The second-order valence-corrected chi connectivity index (χ2v) is 11.0. The van der Waals surface area contributed by atoms with Gasteiger partial charge in [0.1, 0.15) is 11.8 Å². The number of carbonyl (C=O) groups is 2. The van der Waals surface area contributed by atoms with Crippen LogP contribution in [0.4, 0.5) is 5.69 Å². The number of fused-ring (bicyclic) bond motifs is 1. The molecule has 178 valence electrons. The SMILES string of the molecule is CCOc1ccc(N2C(=O)CC(N(C(C)(C)C)S(=O)(=O)c3ccc4ccccc4c3)C2=O)cc1. The molecule has 2 amide bonds. The van der Waals surface area contributed by atoms with Crippen molar-refractivity contribution in [3.63, 3.8) is 0 Å². The summed E-state index contributed by atoms with van der Waals surface area (Å²) in [5.74, 6) is -0.382. The predicted molar refractivity (Wildman–Crippen MR) is 131 cm³/mol. The molecule has 1 heterocycles. The molecule has 0 bridgehead atoms. The van der Waals surface area contributed by atoms with E-state index in [-0.39, 0.29) is 11.3 Å². The molecule has 1 fully saturated rings. The fraction of sp³-hybridized carbons (Fsp3) is 0.308. The van der Waals surface area contributed by atoms with Gasteiger partial charge in [0.2, 0.25) is 15.9 Å². The first-order valence-corrected chi connectivity index (χ1v) is 12.6. The van der Waals surface area contributed by atoms with Crippen LogP contribution in [0.1, 0.15) is 34.1 Å². The monoisotopic (exact) mass is 480 g/mol. The normalized spacial score (nSPS) is 17.1. The number of carbonyl (C=O) groups excluding carboxylic acids is 2. The Bertz CT molecular complexity index is 1340. The molecule has 4 rings (SSSR count). The summed E-state index contributed by atoms with van der Waals surface area (Å²) in [5, 5.41) is 1.69. The van der Waals surface area contributed by atoms with Gasteiger partial charge in [0, 0.05) is 5.54 Å². The first kappa shape index (κ1) is 23.9. The molecule has 0 N–H and O–H groups in total. The maximum absolute atomic E-state index is 13.8. The van der Waals surface area contributed by atoms with Crippen LogP contribution in [0.5, 0.6) is 5.75 Å². The van der Waals surface area contributed by atoms with E-state index in [0.29, 0.717) is 18.0 Å². The summed E-state index contributed by atoms with van der Waals surface area (Å²) in [6, 6.07) is 17.8. The van der Waals surface area contributed by atoms with E-state index in [4.69, 9.17) is 4.74 Å². The third-order valence-corrected chi connectivity index (χ3v) is 7.92. The van der Waals surface area contributed by atoms with Crippen LogP contribution in [-0.2, 0) is 19.6 Å². The molecule has 7 nitrogen and oxygen atoms in total. The number of rotatable bonds is 6. The second-order valence-electron chi connectivity index (χ2n) is 9.19. The first-order chi connectivity index (χ1) is 16.0. The summed E-state index contributed by atoms with van der Waals surface area (Å²) in [6.07, 6.45) is -0.226. The fourth-order valence-corrected chi connectivity index (χ4v) is 6.33. The maximum Gasteiger partial charge on any atom is 0.252 e. The van der Waals surface area contributed by atoms with E-state index in [0.717, 1.165) is 15.7 Å². The lowest BCUT2D eigenvalue weighted by Crippen LogP contribution is -2.54. The van der Waals surface area contributed by atoms with Gasteiger partial charge in [-0.3, -0.25) is 9.59 Å². The van der Waals surface area contributed by atoms with Crippen LogP contribution in [0.25, 0.3) is 10.8 Å². The Hall–Kier alpha value is -3.23. The Morgan fingerprint density at radius 3 is 2.24 bits per heavy atom. The summed E-state index contributed by atoms with van der Waals surface area (Å²) >= 11 is 0. The third-order valence-electron chi connectivity index (χ3n) is 5.75. The quantitative estimate of drug-likeness (QED) is 0.490. The number of ether oxygens (including phenoxy) is 1. The smallest absolute Gasteiger partial charge is 0.252 e. The number of hydrogen-bond donors (Lipinski definition) is 0. The summed E-state index contributed by atoms with van der Waals surface area (Å²) < 4.78 is 34.3. The highest BCUT2D eigenvalue weighted by Gasteiger charge is 2.50. The van der Waals surface area contributed by atoms with Gasteiger partial charge in [-0.25, -0.2) is 13.3 Å². The Morgan fingerprint density at radius 2 is 1.62 bits per heavy atom. The van der Waals surface area contributed by atoms with Crippen molar-refractivity contribution in [2.75, 3.05) is 11.5 Å². The van der Waals surface area contributed by atoms with Gasteiger partial charge in [-0.2, -0.15) is 4.31 Å². The summed E-state index contributed by atoms with van der Waals surface area (Å²) in [4.78, 5) is 27.6. The molecular formula is C26H28N2O5S. The lowest BCUT2D eigenvalue weighted by Gasteiger charge is -2.37. The third kappa shape index (κ3) is 4.31. The van der Waals surface area contributed by atoms with E-state index in [1.165, 1.54) is 4.31 Å². The van der Waals surface area contributed by atoms with Gasteiger partial charge >= 0.3 is 0 Å². The zero-order valence-corrected chi connectivity index (χ0v) is 20.5. The highest BCUT2D eigenvalue weighted by Crippen LogP contribution is 2.35. The standard InChI is InChI=1S/C26H28N2O5S/c1-5-33-21-13-11-20(12-14-21)27-24(29)17-23(25(27)30)28(26(2,3)4)34(31,32)22-15-10-18-8-6-7-9-19(18)16-22/h6-16,23H,5,17H2,1-4H3. The molecule has 3 aromatic rings. The lowest BCUT2D eigenvalue weighted by atomic mass is 10.1. The molecule has 1 saturated heterocycles. The van der Waals surface area contributed by atoms with Gasteiger partial charge in [0.25, 0.3) is 5.91 Å². The summed E-state index contributed by atoms with van der Waals surface area (Å²) in [6.45, 7) is 7.54. The van der Waals surface area contributed by atoms with Crippen LogP contribution in [-0.4, -0.2) is 42.7 Å². The molecule has 1 atom stereocenters. The Labute approximate surface area is 200 Å². The van der Waals surface area contributed by atoms with E-state index >= 15 is 0 Å². The van der Waals surface area contributed by atoms with Gasteiger partial charge in [0.15, 0.2) is 0 Å². The molecule has 1 aliphatic heterocycles. The van der Waals surface area contributed by atoms with Crippen LogP contribution in [0.3, 0.4) is 0 Å². The van der Waals surface area contributed by atoms with Crippen molar-refractivity contribution < 1.29 is 22.7 Å². The van der Waals surface area contributed by atoms with Gasteiger partial charge in [-0.15, -0.1) is 0 Å². The molecule has 1 unspecified atom stereocenters. The Morgan fingerprint density at radius 1 is 0.971 bits per heavy atom. The number of benzene rings is 3. The topological polar surface area (TPSA) is 84.0 Å². The summed E-state index contributed by atoms with van der Waals surface area (Å²) in [7, 11) is -4.10. The lowest BCUT2D eigenvalue weighted by molar-refractivity contribution is -0.122. The predicted octanol–water partition coefficient (Wildman–Crippen LogP) is 4.36. The molecule has 0 radical (unpaired) electrons. The van der Waals surface area contributed by atoms with Crippen molar-refractivity contribution in [1.29, 1.82) is 0 Å². The van der Waals surface area contributed by atoms with Crippen molar-refractivity contribution in [1.82, 2.24) is 4.31 Å². The summed E-state index contributed by atoms with van der Waals surface area (Å²) in [5.41, 5.74) is -0.558. The maximum atomic E-state index is 13.8. The van der Waals surface area contributed by atoms with E-state index in [1.54, 1.807) is 63.2 Å². The van der Waals surface area contributed by atoms with Crippen molar-refractivity contribution in [3.8, 4) is 5.75 Å². The average molecular weight is 481 g/mol. The van der Waals surface area contributed by atoms with Crippen molar-refractivity contribution >= 4 is 38.3 Å². The number of nitrogens with zero attached hydrogens (tertiary/aromatic N) is 2. The largest absolute Gasteiger partial charge is 0.494 e. The number of sulfonamides is 1. The highest BCUT2D eigenvalue weighted by atomic mass is 32.2. The molecule has 0 spiro atoms. The van der Waals surface area contributed by atoms with Crippen LogP contribution >= 0.6 is 0 Å². The minimum absolute atomic E-state index is 0.0842. The number of amides is 2. The molecule has 8 heteroatoms. The first-order valence-electron chi connectivity index (χ1n) is 11.2. The van der Waals surface area contributed by atoms with Crippen LogP contribution < -0.4 is 9.64 Å². The van der Waals surface area contributed by atoms with Crippen LogP contribution in [0, 0.1) is 0 Å². The van der Waals surface area contributed by atoms with Gasteiger partial charge in [-0.1, -0.05) is 30.3 Å². The molecular weight excluding hydrogens is 452 g/mol. The number of imide groups is 1. The molecule has 0 aliphatic carbocycles. The minimum atomic E-state index is -4.10. The van der Waals surface area contributed by atoms with Gasteiger partial charge < -0.3 is 4.74 Å². The Balaban J connectivity index is 1.72. The van der Waals surface area contributed by atoms with Gasteiger partial charge in [0.05, 0.1) is 23.6 Å². The second kappa shape index (κ2) is 8.85. The number of anilines is 1. The molecule has 0 aromatic heterocycles. The van der Waals surface area contributed by atoms with E-state index < -0.39 is 33.4 Å². The van der Waals surface area contributed by atoms with E-state index in [1.807, 2.05) is 31.2 Å². The highest BCUT2D eigenvalue weighted by molar-refractivity contribution is 7.89. The van der Waals surface area contributed by atoms with Gasteiger partial charge in [-0.05, 0) is 74.9 Å². The average Bonchev–Trinajstić information content (AvgIpc) is 3.06. The minimum Gasteiger partial charge on any atom is -0.494 e. The van der Waals surface area contributed by atoms with E-state index in [9.17, 15) is 18.0 Å². The molecule has 3 aromatic carbocycles. The molecule has 0 saturated carbocycles. The van der Waals surface area contributed by atoms with E-state index in [2.05, 4.69) is 0 Å². The fourth-order valence-electron chi connectivity index (χ4n) is 4.37. The van der Waals surface area contributed by atoms with Crippen LogP contribution in [0.15, 0.2) is 71.6 Å². The van der Waals surface area contributed by atoms with Crippen molar-refractivity contribution in [2.45, 2.75) is 50.6 Å². The number of hydrogen-bond acceptors (Lipinski definition) is 5. The Kier molecular flexibility index (Phi) is 6.22. The van der Waals surface area contributed by atoms with Crippen molar-refractivity contribution in [3.05, 3.63) is 66.7 Å². The molecule has 34 heavy (non-hydrogen) atoms. The zero-order valence-electron chi connectivity index (χ0n) is 19.7. The zero-order chi connectivity index (χ0) is 24.7. The van der Waals surface area contributed by atoms with Crippen molar-refractivity contribution in [2.24, 2.45) is 0 Å². The van der Waals surface area contributed by atoms with Crippen LogP contribution in [0.2, 0.25) is 0 Å². The molecule has 1 aliphatic rings.